The lowest BCUT2D eigenvalue weighted by Crippen LogP contribution is -2.54. The second kappa shape index (κ2) is 9.75. The lowest BCUT2D eigenvalue weighted by Gasteiger charge is -2.43. The fourth-order valence-corrected chi connectivity index (χ4v) is 6.17. The largest absolute Gasteiger partial charge is 0.493 e. The van der Waals surface area contributed by atoms with Gasteiger partial charge in [0.2, 0.25) is 0 Å². The van der Waals surface area contributed by atoms with Gasteiger partial charge in [-0.1, -0.05) is 55.3 Å². The first kappa shape index (κ1) is 22.9. The number of aliphatic hydroxyl groups excluding tert-OH is 1. The predicted molar refractivity (Wildman–Crippen MR) is 130 cm³/mol. The first-order valence-corrected chi connectivity index (χ1v) is 12.7. The number of aliphatic hydroxyl groups is 2. The van der Waals surface area contributed by atoms with Gasteiger partial charge in [0.15, 0.2) is 0 Å². The third kappa shape index (κ3) is 4.57. The van der Waals surface area contributed by atoms with Crippen LogP contribution in [0.3, 0.4) is 0 Å². The number of fused-ring (bicyclic) bond motifs is 1. The maximum absolute atomic E-state index is 11.8. The second-order valence-corrected chi connectivity index (χ2v) is 10.2. The number of benzene rings is 2. The molecular formula is C28H38N2O3. The van der Waals surface area contributed by atoms with E-state index in [2.05, 4.69) is 34.9 Å². The second-order valence-electron chi connectivity index (χ2n) is 10.2. The quantitative estimate of drug-likeness (QED) is 0.673. The van der Waals surface area contributed by atoms with Crippen molar-refractivity contribution in [2.24, 2.45) is 5.92 Å². The van der Waals surface area contributed by atoms with Gasteiger partial charge in [0, 0.05) is 45.2 Å². The Balaban J connectivity index is 1.22. The molecule has 1 aliphatic carbocycles. The van der Waals surface area contributed by atoms with E-state index in [0.29, 0.717) is 12.6 Å². The van der Waals surface area contributed by atoms with Crippen molar-refractivity contribution in [3.63, 3.8) is 0 Å². The normalized spacial score (nSPS) is 23.6. The van der Waals surface area contributed by atoms with Crippen molar-refractivity contribution >= 4 is 0 Å². The summed E-state index contributed by atoms with van der Waals surface area (Å²) in [5.41, 5.74) is 2.37. The molecule has 2 fully saturated rings. The maximum Gasteiger partial charge on any atom is 0.122 e. The van der Waals surface area contributed by atoms with Crippen LogP contribution in [0.5, 0.6) is 5.75 Å². The summed E-state index contributed by atoms with van der Waals surface area (Å²) in [4.78, 5) is 4.86. The fourth-order valence-electron chi connectivity index (χ4n) is 6.17. The topological polar surface area (TPSA) is 56.2 Å². The van der Waals surface area contributed by atoms with Crippen LogP contribution in [0.1, 0.15) is 55.3 Å². The lowest BCUT2D eigenvalue weighted by atomic mass is 9.76. The van der Waals surface area contributed by atoms with E-state index in [4.69, 9.17) is 4.74 Å². The monoisotopic (exact) mass is 450 g/mol. The van der Waals surface area contributed by atoms with Crippen LogP contribution in [0.2, 0.25) is 0 Å². The van der Waals surface area contributed by atoms with Gasteiger partial charge in [0.05, 0.1) is 12.7 Å². The first-order chi connectivity index (χ1) is 16.1. The molecule has 0 spiro atoms. The average Bonchev–Trinajstić information content (AvgIpc) is 3.56. The molecule has 5 nitrogen and oxygen atoms in total. The van der Waals surface area contributed by atoms with E-state index >= 15 is 0 Å². The highest BCUT2D eigenvalue weighted by Crippen LogP contribution is 2.43. The number of hydrogen-bond donors (Lipinski definition) is 2. The summed E-state index contributed by atoms with van der Waals surface area (Å²) >= 11 is 0. The van der Waals surface area contributed by atoms with Gasteiger partial charge in [-0.2, -0.15) is 0 Å². The van der Waals surface area contributed by atoms with Gasteiger partial charge in [-0.05, 0) is 48.4 Å². The van der Waals surface area contributed by atoms with E-state index in [1.165, 1.54) is 11.1 Å². The molecule has 1 saturated heterocycles. The maximum atomic E-state index is 11.8. The van der Waals surface area contributed by atoms with Crippen LogP contribution in [-0.4, -0.2) is 65.4 Å². The van der Waals surface area contributed by atoms with Gasteiger partial charge < -0.3 is 14.9 Å². The van der Waals surface area contributed by atoms with Crippen LogP contribution in [0.15, 0.2) is 48.5 Å². The summed E-state index contributed by atoms with van der Waals surface area (Å²) < 4.78 is 5.66. The highest BCUT2D eigenvalue weighted by molar-refractivity contribution is 5.40. The number of β-amino-alcohol motifs (C(OH)–C–C–N with tert-alkyl or cyclic N) is 1. The minimum absolute atomic E-state index is 0.125. The molecule has 178 valence electrons. The molecule has 2 aliphatic heterocycles. The van der Waals surface area contributed by atoms with Gasteiger partial charge in [0.1, 0.15) is 11.4 Å². The molecular weight excluding hydrogens is 412 g/mol. The Hall–Kier alpha value is -1.92. The zero-order valence-electron chi connectivity index (χ0n) is 19.8. The fraction of sp³-hybridized carbons (Fsp3) is 0.571. The third-order valence-electron chi connectivity index (χ3n) is 8.30. The molecule has 2 N–H and O–H groups in total. The van der Waals surface area contributed by atoms with Crippen molar-refractivity contribution in [3.8, 4) is 5.75 Å². The summed E-state index contributed by atoms with van der Waals surface area (Å²) in [6, 6.07) is 16.8. The average molecular weight is 451 g/mol. The van der Waals surface area contributed by atoms with Gasteiger partial charge in [-0.25, -0.2) is 0 Å². The van der Waals surface area contributed by atoms with E-state index < -0.39 is 11.7 Å². The number of rotatable bonds is 7. The molecule has 3 atom stereocenters. The molecule has 1 saturated carbocycles. The van der Waals surface area contributed by atoms with E-state index in [1.54, 1.807) is 0 Å². The van der Waals surface area contributed by atoms with Crippen LogP contribution < -0.4 is 4.74 Å². The van der Waals surface area contributed by atoms with E-state index in [1.807, 2.05) is 30.3 Å². The number of piperazine rings is 1. The van der Waals surface area contributed by atoms with Crippen LogP contribution in [0, 0.1) is 5.92 Å². The molecule has 2 heterocycles. The molecule has 5 rings (SSSR count). The molecule has 0 radical (unpaired) electrons. The van der Waals surface area contributed by atoms with Gasteiger partial charge >= 0.3 is 0 Å². The Morgan fingerprint density at radius 1 is 1.03 bits per heavy atom. The van der Waals surface area contributed by atoms with Crippen LogP contribution >= 0.6 is 0 Å². The Bertz CT molecular complexity index is 922. The summed E-state index contributed by atoms with van der Waals surface area (Å²) in [6.07, 6.45) is 4.46. The first-order valence-electron chi connectivity index (χ1n) is 12.7. The SMILES string of the molecule is CC(c1ccc2c(c1)CCO2)N1CCN(CC(O)C(O)(c2ccccc2)C2CCCC2)CC1. The van der Waals surface area contributed by atoms with Crippen molar-refractivity contribution in [3.05, 3.63) is 65.2 Å². The Morgan fingerprint density at radius 2 is 1.76 bits per heavy atom. The molecule has 0 amide bonds. The summed E-state index contributed by atoms with van der Waals surface area (Å²) in [7, 11) is 0. The van der Waals surface area contributed by atoms with Crippen molar-refractivity contribution in [1.82, 2.24) is 9.80 Å². The highest BCUT2D eigenvalue weighted by atomic mass is 16.5. The Kier molecular flexibility index (Phi) is 6.75. The minimum atomic E-state index is -1.17. The van der Waals surface area contributed by atoms with E-state index in [0.717, 1.165) is 76.2 Å². The standard InChI is InChI=1S/C28H38N2O3/c1-21(22-11-12-26-23(19-22)13-18-33-26)30-16-14-29(15-17-30)20-27(31)28(32,25-9-5-6-10-25)24-7-3-2-4-8-24/h2-4,7-8,11-12,19,21,25,27,31-32H,5-6,9-10,13-18,20H2,1H3. The molecule has 0 bridgehead atoms. The van der Waals surface area contributed by atoms with Crippen LogP contribution in [0.25, 0.3) is 0 Å². The number of ether oxygens (including phenoxy) is 1. The highest BCUT2D eigenvalue weighted by Gasteiger charge is 2.46. The van der Waals surface area contributed by atoms with Gasteiger partial charge in [-0.3, -0.25) is 9.80 Å². The molecule has 0 aromatic heterocycles. The van der Waals surface area contributed by atoms with Gasteiger partial charge in [0.25, 0.3) is 0 Å². The van der Waals surface area contributed by atoms with E-state index in [-0.39, 0.29) is 5.92 Å². The molecule has 2 aromatic rings. The zero-order valence-corrected chi connectivity index (χ0v) is 19.8. The lowest BCUT2D eigenvalue weighted by molar-refractivity contribution is -0.130. The van der Waals surface area contributed by atoms with Crippen LogP contribution in [-0.2, 0) is 12.0 Å². The molecule has 33 heavy (non-hydrogen) atoms. The summed E-state index contributed by atoms with van der Waals surface area (Å²) in [5, 5.41) is 23.2. The van der Waals surface area contributed by atoms with Gasteiger partial charge in [-0.15, -0.1) is 0 Å². The molecule has 3 unspecified atom stereocenters. The smallest absolute Gasteiger partial charge is 0.122 e. The number of hydrogen-bond acceptors (Lipinski definition) is 5. The van der Waals surface area contributed by atoms with Crippen LogP contribution in [0.4, 0.5) is 0 Å². The molecule has 3 aliphatic rings. The van der Waals surface area contributed by atoms with Crippen molar-refractivity contribution in [1.29, 1.82) is 0 Å². The van der Waals surface area contributed by atoms with Crippen molar-refractivity contribution < 1.29 is 14.9 Å². The van der Waals surface area contributed by atoms with Crippen molar-refractivity contribution in [2.45, 2.75) is 56.8 Å². The number of nitrogens with zero attached hydrogens (tertiary/aromatic N) is 2. The predicted octanol–water partition coefficient (Wildman–Crippen LogP) is 3.74. The third-order valence-corrected chi connectivity index (χ3v) is 8.30. The zero-order chi connectivity index (χ0) is 22.8. The Morgan fingerprint density at radius 3 is 2.48 bits per heavy atom. The van der Waals surface area contributed by atoms with E-state index in [9.17, 15) is 10.2 Å². The molecule has 2 aromatic carbocycles. The minimum Gasteiger partial charge on any atom is -0.493 e. The van der Waals surface area contributed by atoms with Crippen molar-refractivity contribution in [2.75, 3.05) is 39.3 Å². The summed E-state index contributed by atoms with van der Waals surface area (Å²) in [6.45, 7) is 7.35. The summed E-state index contributed by atoms with van der Waals surface area (Å²) in [5.74, 6) is 1.16. The molecule has 5 heteroatoms. The Labute approximate surface area is 198 Å².